The van der Waals surface area contributed by atoms with E-state index in [1.54, 1.807) is 6.20 Å². The third-order valence-corrected chi connectivity index (χ3v) is 4.60. The number of hydrogen-bond acceptors (Lipinski definition) is 1. The van der Waals surface area contributed by atoms with Gasteiger partial charge >= 0.3 is 0 Å². The van der Waals surface area contributed by atoms with E-state index in [2.05, 4.69) is 51.2 Å². The lowest BCUT2D eigenvalue weighted by molar-refractivity contribution is 0.0685. The van der Waals surface area contributed by atoms with Gasteiger partial charge < -0.3 is 9.88 Å². The van der Waals surface area contributed by atoms with Crippen molar-refractivity contribution in [2.24, 2.45) is 5.92 Å². The van der Waals surface area contributed by atoms with Crippen LogP contribution in [0.25, 0.3) is 0 Å². The van der Waals surface area contributed by atoms with Crippen molar-refractivity contribution in [3.05, 3.63) is 58.3 Å². The van der Waals surface area contributed by atoms with Crippen molar-refractivity contribution in [1.29, 1.82) is 0 Å². The topological polar surface area (TPSA) is 36.1 Å². The molecule has 1 fully saturated rings. The highest BCUT2D eigenvalue weighted by molar-refractivity contribution is 9.10. The zero-order valence-electron chi connectivity index (χ0n) is 11.9. The first kappa shape index (κ1) is 14.4. The number of nitrogens with zero attached hydrogens (tertiary/aromatic N) is 1. The van der Waals surface area contributed by atoms with Crippen LogP contribution in [0.1, 0.15) is 28.9 Å². The van der Waals surface area contributed by atoms with Gasteiger partial charge in [0.15, 0.2) is 0 Å². The Morgan fingerprint density at radius 1 is 1.24 bits per heavy atom. The van der Waals surface area contributed by atoms with Gasteiger partial charge in [-0.05, 0) is 52.7 Å². The zero-order chi connectivity index (χ0) is 14.7. The van der Waals surface area contributed by atoms with Crippen LogP contribution in [0.15, 0.2) is 47.1 Å². The van der Waals surface area contributed by atoms with Gasteiger partial charge in [-0.15, -0.1) is 0 Å². The normalized spacial score (nSPS) is 16.1. The van der Waals surface area contributed by atoms with Gasteiger partial charge in [0.1, 0.15) is 5.69 Å². The first-order chi connectivity index (χ1) is 10.2. The standard InChI is InChI=1S/C17H19BrN2O/c18-15-11-16(19-12-15)17(21)20-8-6-14(7-9-20)10-13-4-2-1-3-5-13/h1-5,11-12,14,19H,6-10H2. The number of aromatic nitrogens is 1. The molecule has 1 aliphatic heterocycles. The quantitative estimate of drug-likeness (QED) is 0.899. The molecule has 1 aromatic heterocycles. The molecule has 1 aromatic carbocycles. The number of halogens is 1. The summed E-state index contributed by atoms with van der Waals surface area (Å²) < 4.78 is 0.921. The number of nitrogens with one attached hydrogen (secondary N) is 1. The molecule has 110 valence electrons. The number of H-pyrrole nitrogens is 1. The summed E-state index contributed by atoms with van der Waals surface area (Å²) in [6.45, 7) is 1.71. The summed E-state index contributed by atoms with van der Waals surface area (Å²) in [4.78, 5) is 17.3. The average molecular weight is 347 g/mol. The first-order valence-electron chi connectivity index (χ1n) is 7.39. The molecule has 1 saturated heterocycles. The molecule has 0 spiro atoms. The molecule has 2 aromatic rings. The van der Waals surface area contributed by atoms with Crippen molar-refractivity contribution in [2.75, 3.05) is 13.1 Å². The van der Waals surface area contributed by atoms with Crippen molar-refractivity contribution in [3.63, 3.8) is 0 Å². The number of aromatic amines is 1. The largest absolute Gasteiger partial charge is 0.356 e. The van der Waals surface area contributed by atoms with Crippen LogP contribution in [0, 0.1) is 5.92 Å². The van der Waals surface area contributed by atoms with Crippen LogP contribution in [0.4, 0.5) is 0 Å². The summed E-state index contributed by atoms with van der Waals surface area (Å²) >= 11 is 3.37. The summed E-state index contributed by atoms with van der Waals surface area (Å²) in [5, 5.41) is 0. The molecule has 1 amide bonds. The average Bonchev–Trinajstić information content (AvgIpc) is 2.95. The SMILES string of the molecule is O=C(c1cc(Br)c[nH]1)N1CCC(Cc2ccccc2)CC1. The molecule has 0 atom stereocenters. The smallest absolute Gasteiger partial charge is 0.270 e. The molecule has 4 heteroatoms. The molecular weight excluding hydrogens is 328 g/mol. The minimum absolute atomic E-state index is 0.110. The van der Waals surface area contributed by atoms with E-state index in [4.69, 9.17) is 0 Å². The fourth-order valence-electron chi connectivity index (χ4n) is 2.95. The fraction of sp³-hybridized carbons (Fsp3) is 0.353. The van der Waals surface area contributed by atoms with E-state index in [1.807, 2.05) is 11.0 Å². The molecule has 0 unspecified atom stereocenters. The van der Waals surface area contributed by atoms with Crippen molar-refractivity contribution in [1.82, 2.24) is 9.88 Å². The van der Waals surface area contributed by atoms with Crippen LogP contribution in [0.5, 0.6) is 0 Å². The van der Waals surface area contributed by atoms with Gasteiger partial charge in [-0.1, -0.05) is 30.3 Å². The predicted molar refractivity (Wildman–Crippen MR) is 87.3 cm³/mol. The number of piperidine rings is 1. The van der Waals surface area contributed by atoms with E-state index in [0.29, 0.717) is 11.6 Å². The Bertz CT molecular complexity index is 600. The number of likely N-dealkylation sites (tertiary alicyclic amines) is 1. The van der Waals surface area contributed by atoms with Gasteiger partial charge in [0, 0.05) is 23.8 Å². The highest BCUT2D eigenvalue weighted by Crippen LogP contribution is 2.23. The second-order valence-electron chi connectivity index (χ2n) is 5.66. The highest BCUT2D eigenvalue weighted by Gasteiger charge is 2.24. The number of hydrogen-bond donors (Lipinski definition) is 1. The lowest BCUT2D eigenvalue weighted by Crippen LogP contribution is -2.39. The maximum atomic E-state index is 12.4. The monoisotopic (exact) mass is 346 g/mol. The summed E-state index contributed by atoms with van der Waals surface area (Å²) in [5.41, 5.74) is 2.07. The van der Waals surface area contributed by atoms with Crippen LogP contribution in [0.3, 0.4) is 0 Å². The van der Waals surface area contributed by atoms with Crippen LogP contribution in [0.2, 0.25) is 0 Å². The number of amides is 1. The van der Waals surface area contributed by atoms with Crippen LogP contribution < -0.4 is 0 Å². The molecule has 21 heavy (non-hydrogen) atoms. The number of rotatable bonds is 3. The molecule has 1 aliphatic rings. The number of benzene rings is 1. The molecule has 3 nitrogen and oxygen atoms in total. The molecule has 3 rings (SSSR count). The molecule has 2 heterocycles. The minimum Gasteiger partial charge on any atom is -0.356 e. The Balaban J connectivity index is 1.54. The predicted octanol–water partition coefficient (Wildman–Crippen LogP) is 3.87. The highest BCUT2D eigenvalue weighted by atomic mass is 79.9. The Labute approximate surface area is 133 Å². The Morgan fingerprint density at radius 2 is 1.95 bits per heavy atom. The summed E-state index contributed by atoms with van der Waals surface area (Å²) in [6.07, 6.45) is 5.09. The molecular formula is C17H19BrN2O. The number of carbonyl (C=O) groups excluding carboxylic acids is 1. The van der Waals surface area contributed by atoms with Gasteiger partial charge in [-0.3, -0.25) is 4.79 Å². The second kappa shape index (κ2) is 6.48. The van der Waals surface area contributed by atoms with Crippen LogP contribution in [-0.2, 0) is 6.42 Å². The minimum atomic E-state index is 0.110. The third kappa shape index (κ3) is 3.56. The van der Waals surface area contributed by atoms with Gasteiger partial charge in [0.25, 0.3) is 5.91 Å². The summed E-state index contributed by atoms with van der Waals surface area (Å²) in [5.74, 6) is 0.797. The lowest BCUT2D eigenvalue weighted by Gasteiger charge is -2.31. The lowest BCUT2D eigenvalue weighted by atomic mass is 9.90. The van der Waals surface area contributed by atoms with Gasteiger partial charge in [0.05, 0.1) is 0 Å². The van der Waals surface area contributed by atoms with E-state index < -0.39 is 0 Å². The van der Waals surface area contributed by atoms with Crippen LogP contribution in [-0.4, -0.2) is 28.9 Å². The molecule has 0 saturated carbocycles. The van der Waals surface area contributed by atoms with Gasteiger partial charge in [0.2, 0.25) is 0 Å². The Hall–Kier alpha value is -1.55. The second-order valence-corrected chi connectivity index (χ2v) is 6.57. The van der Waals surface area contributed by atoms with Crippen molar-refractivity contribution in [3.8, 4) is 0 Å². The molecule has 0 bridgehead atoms. The van der Waals surface area contributed by atoms with Crippen molar-refractivity contribution >= 4 is 21.8 Å². The van der Waals surface area contributed by atoms with E-state index in [-0.39, 0.29) is 5.91 Å². The maximum absolute atomic E-state index is 12.4. The summed E-state index contributed by atoms with van der Waals surface area (Å²) in [7, 11) is 0. The zero-order valence-corrected chi connectivity index (χ0v) is 13.5. The fourth-order valence-corrected chi connectivity index (χ4v) is 3.29. The molecule has 0 aliphatic carbocycles. The Morgan fingerprint density at radius 3 is 2.57 bits per heavy atom. The van der Waals surface area contributed by atoms with E-state index >= 15 is 0 Å². The van der Waals surface area contributed by atoms with E-state index in [0.717, 1.165) is 36.8 Å². The van der Waals surface area contributed by atoms with Crippen molar-refractivity contribution in [2.45, 2.75) is 19.3 Å². The van der Waals surface area contributed by atoms with E-state index in [1.165, 1.54) is 5.56 Å². The van der Waals surface area contributed by atoms with Gasteiger partial charge in [-0.25, -0.2) is 0 Å². The Kier molecular flexibility index (Phi) is 4.44. The molecule has 1 N–H and O–H groups in total. The maximum Gasteiger partial charge on any atom is 0.270 e. The first-order valence-corrected chi connectivity index (χ1v) is 8.19. The number of carbonyl (C=O) groups is 1. The van der Waals surface area contributed by atoms with Gasteiger partial charge in [-0.2, -0.15) is 0 Å². The van der Waals surface area contributed by atoms with Crippen molar-refractivity contribution < 1.29 is 4.79 Å². The molecule has 0 radical (unpaired) electrons. The summed E-state index contributed by atoms with van der Waals surface area (Å²) in [6, 6.07) is 12.5. The third-order valence-electron chi connectivity index (χ3n) is 4.15. The van der Waals surface area contributed by atoms with Crippen LogP contribution >= 0.6 is 15.9 Å². The van der Waals surface area contributed by atoms with E-state index in [9.17, 15) is 4.79 Å².